The van der Waals surface area contributed by atoms with Crippen LogP contribution in [0.3, 0.4) is 0 Å². The van der Waals surface area contributed by atoms with Crippen LogP contribution < -0.4 is 10.8 Å². The van der Waals surface area contributed by atoms with Crippen molar-refractivity contribution in [1.29, 1.82) is 0 Å². The molecule has 0 spiro atoms. The molecule has 0 aliphatic rings. The highest BCUT2D eigenvalue weighted by atomic mass is 35.5. The number of hydrogen-bond acceptors (Lipinski definition) is 4. The molecule has 1 aromatic heterocycles. The first kappa shape index (κ1) is 25.2. The quantitative estimate of drug-likeness (QED) is 0.193. The smallest absolute Gasteiger partial charge is 0.266 e. The van der Waals surface area contributed by atoms with Crippen LogP contribution in [0.4, 0.5) is 0 Å². The number of benzene rings is 3. The number of hydroxylamine groups is 1. The predicted octanol–water partition coefficient (Wildman–Crippen LogP) is 6.36. The summed E-state index contributed by atoms with van der Waals surface area (Å²) in [4.78, 5) is 29.7. The first-order valence-corrected chi connectivity index (χ1v) is 11.8. The van der Waals surface area contributed by atoms with Gasteiger partial charge in [-0.25, -0.2) is 10.5 Å². The van der Waals surface area contributed by atoms with Crippen LogP contribution in [-0.4, -0.2) is 28.0 Å². The molecule has 4 aromatic rings. The molecule has 0 saturated heterocycles. The standard InChI is InChI=1S/C25H17Cl4N3O3/c26-15-3-1-4-16(27)22(15)20-10-8-14-11-13(7-9-19(14)30-20)12-21(24(33)32-35)31-25(34)23-17(28)5-2-6-18(23)29/h1-11,21,35H,12H2,(H,31,34)(H,32,33). The fourth-order valence-electron chi connectivity index (χ4n) is 3.65. The molecule has 0 saturated carbocycles. The Balaban J connectivity index is 1.60. The molecule has 0 aliphatic heterocycles. The fraction of sp³-hybridized carbons (Fsp3) is 0.0800. The minimum Gasteiger partial charge on any atom is -0.340 e. The lowest BCUT2D eigenvalue weighted by Crippen LogP contribution is -2.47. The minimum absolute atomic E-state index is 0.0417. The normalized spacial score (nSPS) is 11.8. The summed E-state index contributed by atoms with van der Waals surface area (Å²) in [6, 6.07) is 17.9. The number of nitrogens with one attached hydrogen (secondary N) is 2. The molecule has 3 aromatic carbocycles. The van der Waals surface area contributed by atoms with Gasteiger partial charge in [-0.1, -0.05) is 70.7 Å². The summed E-state index contributed by atoms with van der Waals surface area (Å²) in [6.45, 7) is 0. The van der Waals surface area contributed by atoms with Crippen LogP contribution in [-0.2, 0) is 11.2 Å². The van der Waals surface area contributed by atoms with Gasteiger partial charge in [0.25, 0.3) is 11.8 Å². The van der Waals surface area contributed by atoms with Crippen LogP contribution >= 0.6 is 46.4 Å². The van der Waals surface area contributed by atoms with Gasteiger partial charge in [0.15, 0.2) is 0 Å². The molecular formula is C25H17Cl4N3O3. The molecule has 4 rings (SSSR count). The lowest BCUT2D eigenvalue weighted by atomic mass is 10.0. The van der Waals surface area contributed by atoms with Crippen molar-refractivity contribution in [2.75, 3.05) is 0 Å². The van der Waals surface area contributed by atoms with Gasteiger partial charge >= 0.3 is 0 Å². The molecule has 0 fully saturated rings. The van der Waals surface area contributed by atoms with Crippen LogP contribution in [0.5, 0.6) is 0 Å². The summed E-state index contributed by atoms with van der Waals surface area (Å²) in [7, 11) is 0. The van der Waals surface area contributed by atoms with Crippen molar-refractivity contribution < 1.29 is 14.8 Å². The first-order chi connectivity index (χ1) is 16.8. The molecule has 6 nitrogen and oxygen atoms in total. The lowest BCUT2D eigenvalue weighted by molar-refractivity contribution is -0.131. The molecule has 0 radical (unpaired) electrons. The van der Waals surface area contributed by atoms with Gasteiger partial charge in [-0.05, 0) is 48.0 Å². The third-order valence-electron chi connectivity index (χ3n) is 5.33. The number of hydrogen-bond donors (Lipinski definition) is 3. The Kier molecular flexibility index (Phi) is 7.79. The van der Waals surface area contributed by atoms with Crippen LogP contribution in [0.1, 0.15) is 15.9 Å². The Hall–Kier alpha value is -2.87. The molecule has 35 heavy (non-hydrogen) atoms. The van der Waals surface area contributed by atoms with Gasteiger partial charge in [0.1, 0.15) is 6.04 Å². The zero-order valence-electron chi connectivity index (χ0n) is 17.9. The van der Waals surface area contributed by atoms with E-state index < -0.39 is 17.9 Å². The van der Waals surface area contributed by atoms with Crippen LogP contribution in [0.15, 0.2) is 66.7 Å². The monoisotopic (exact) mass is 547 g/mol. The molecule has 2 amide bonds. The van der Waals surface area contributed by atoms with E-state index in [0.717, 1.165) is 10.9 Å². The Bertz CT molecular complexity index is 1400. The van der Waals surface area contributed by atoms with Crippen LogP contribution in [0.2, 0.25) is 20.1 Å². The van der Waals surface area contributed by atoms with Gasteiger partial charge in [-0.15, -0.1) is 0 Å². The molecule has 0 aliphatic carbocycles. The Morgan fingerprint density at radius 2 is 1.49 bits per heavy atom. The van der Waals surface area contributed by atoms with Gasteiger partial charge in [0.2, 0.25) is 0 Å². The third kappa shape index (κ3) is 5.53. The van der Waals surface area contributed by atoms with Gasteiger partial charge in [0, 0.05) is 17.4 Å². The van der Waals surface area contributed by atoms with E-state index in [4.69, 9.17) is 46.4 Å². The van der Waals surface area contributed by atoms with E-state index in [0.29, 0.717) is 26.8 Å². The number of pyridine rings is 1. The van der Waals surface area contributed by atoms with E-state index in [2.05, 4.69) is 10.3 Å². The fourth-order valence-corrected chi connectivity index (χ4v) is 4.81. The van der Waals surface area contributed by atoms with Crippen molar-refractivity contribution in [2.45, 2.75) is 12.5 Å². The molecule has 1 unspecified atom stereocenters. The number of rotatable bonds is 6. The average Bonchev–Trinajstić information content (AvgIpc) is 2.83. The van der Waals surface area contributed by atoms with Crippen LogP contribution in [0.25, 0.3) is 22.2 Å². The molecule has 0 bridgehead atoms. The predicted molar refractivity (Wildman–Crippen MR) is 139 cm³/mol. The number of amides is 2. The summed E-state index contributed by atoms with van der Waals surface area (Å²) in [6.07, 6.45) is 0.0915. The van der Waals surface area contributed by atoms with Crippen molar-refractivity contribution in [1.82, 2.24) is 15.8 Å². The number of fused-ring (bicyclic) bond motifs is 1. The largest absolute Gasteiger partial charge is 0.340 e. The van der Waals surface area contributed by atoms with E-state index in [-0.39, 0.29) is 22.0 Å². The Labute approximate surface area is 220 Å². The Morgan fingerprint density at radius 1 is 0.857 bits per heavy atom. The highest BCUT2D eigenvalue weighted by molar-refractivity contribution is 6.40. The van der Waals surface area contributed by atoms with E-state index in [1.54, 1.807) is 47.9 Å². The van der Waals surface area contributed by atoms with E-state index >= 15 is 0 Å². The molecule has 1 heterocycles. The van der Waals surface area contributed by atoms with E-state index in [1.807, 2.05) is 12.1 Å². The number of aromatic nitrogens is 1. The highest BCUT2D eigenvalue weighted by Gasteiger charge is 2.24. The summed E-state index contributed by atoms with van der Waals surface area (Å²) in [5.74, 6) is -1.43. The van der Waals surface area contributed by atoms with E-state index in [1.165, 1.54) is 12.1 Å². The van der Waals surface area contributed by atoms with Crippen molar-refractivity contribution >= 4 is 69.1 Å². The minimum atomic E-state index is -1.09. The molecule has 3 N–H and O–H groups in total. The zero-order chi connectivity index (χ0) is 25.1. The molecule has 10 heteroatoms. The first-order valence-electron chi connectivity index (χ1n) is 10.3. The van der Waals surface area contributed by atoms with Crippen molar-refractivity contribution in [3.63, 3.8) is 0 Å². The number of nitrogens with zero attached hydrogens (tertiary/aromatic N) is 1. The maximum Gasteiger partial charge on any atom is 0.266 e. The van der Waals surface area contributed by atoms with Crippen LogP contribution in [0, 0.1) is 0 Å². The third-order valence-corrected chi connectivity index (χ3v) is 6.59. The van der Waals surface area contributed by atoms with Gasteiger partial charge < -0.3 is 5.32 Å². The second-order valence-electron chi connectivity index (χ2n) is 7.62. The molecular weight excluding hydrogens is 532 g/mol. The summed E-state index contributed by atoms with van der Waals surface area (Å²) < 4.78 is 0. The lowest BCUT2D eigenvalue weighted by Gasteiger charge is -2.18. The average molecular weight is 549 g/mol. The number of carbonyl (C=O) groups excluding carboxylic acids is 2. The summed E-state index contributed by atoms with van der Waals surface area (Å²) in [5.41, 5.74) is 4.31. The second-order valence-corrected chi connectivity index (χ2v) is 9.25. The number of carbonyl (C=O) groups is 2. The van der Waals surface area contributed by atoms with Gasteiger partial charge in [-0.3, -0.25) is 14.8 Å². The van der Waals surface area contributed by atoms with Crippen molar-refractivity contribution in [2.24, 2.45) is 0 Å². The van der Waals surface area contributed by atoms with E-state index in [9.17, 15) is 14.8 Å². The maximum atomic E-state index is 12.8. The molecule has 178 valence electrons. The topological polar surface area (TPSA) is 91.3 Å². The summed E-state index contributed by atoms with van der Waals surface area (Å²) >= 11 is 24.8. The second kappa shape index (κ2) is 10.8. The SMILES string of the molecule is O=C(NC(Cc1ccc2nc(-c3c(Cl)cccc3Cl)ccc2c1)C(=O)NO)c1c(Cl)cccc1Cl. The van der Waals surface area contributed by atoms with Crippen molar-refractivity contribution in [3.8, 4) is 11.3 Å². The Morgan fingerprint density at radius 3 is 2.11 bits per heavy atom. The zero-order valence-corrected chi connectivity index (χ0v) is 20.9. The number of halogens is 4. The van der Waals surface area contributed by atoms with Crippen molar-refractivity contribution in [3.05, 3.63) is 97.9 Å². The summed E-state index contributed by atoms with van der Waals surface area (Å²) in [5, 5.41) is 13.9. The molecule has 1 atom stereocenters. The maximum absolute atomic E-state index is 12.8. The van der Waals surface area contributed by atoms with Gasteiger partial charge in [-0.2, -0.15) is 0 Å². The van der Waals surface area contributed by atoms with Gasteiger partial charge in [0.05, 0.1) is 36.9 Å². The highest BCUT2D eigenvalue weighted by Crippen LogP contribution is 2.34.